The van der Waals surface area contributed by atoms with Crippen molar-refractivity contribution in [2.24, 2.45) is 0 Å². The molecule has 2 fully saturated rings. The maximum absolute atomic E-state index is 3.50. The fraction of sp³-hybridized carbons (Fsp3) is 0.733. The molecule has 18 heavy (non-hydrogen) atoms. The molecule has 100 valence electrons. The summed E-state index contributed by atoms with van der Waals surface area (Å²) in [6.07, 6.45) is 8.23. The zero-order chi connectivity index (χ0) is 12.4. The third kappa shape index (κ3) is 2.63. The molecule has 3 heteroatoms. The van der Waals surface area contributed by atoms with Crippen LogP contribution in [0.5, 0.6) is 0 Å². The van der Waals surface area contributed by atoms with Crippen molar-refractivity contribution in [3.05, 3.63) is 22.4 Å². The summed E-state index contributed by atoms with van der Waals surface area (Å²) < 4.78 is 0. The molecule has 3 rings (SSSR count). The third-order valence-electron chi connectivity index (χ3n) is 4.77. The fourth-order valence-corrected chi connectivity index (χ4v) is 4.48. The summed E-state index contributed by atoms with van der Waals surface area (Å²) in [7, 11) is 2.13. The molecule has 2 nitrogen and oxygen atoms in total. The highest BCUT2D eigenvalue weighted by atomic mass is 32.1. The molecule has 2 unspecified atom stereocenters. The summed E-state index contributed by atoms with van der Waals surface area (Å²) in [6.45, 7) is 1.27. The molecular weight excluding hydrogens is 240 g/mol. The zero-order valence-electron chi connectivity index (χ0n) is 11.3. The van der Waals surface area contributed by atoms with Gasteiger partial charge in [-0.05, 0) is 61.5 Å². The molecule has 2 bridgehead atoms. The molecule has 0 saturated carbocycles. The van der Waals surface area contributed by atoms with Gasteiger partial charge in [-0.15, -0.1) is 0 Å². The Hall–Kier alpha value is -0.380. The number of rotatable bonds is 4. The van der Waals surface area contributed by atoms with Gasteiger partial charge >= 0.3 is 0 Å². The molecule has 2 aliphatic heterocycles. The minimum atomic E-state index is 0.762. The fourth-order valence-electron chi connectivity index (χ4n) is 3.77. The van der Waals surface area contributed by atoms with Crippen molar-refractivity contribution in [1.29, 1.82) is 0 Å². The molecule has 1 aromatic heterocycles. The van der Waals surface area contributed by atoms with Crippen LogP contribution >= 0.6 is 11.3 Å². The number of nitrogens with zero attached hydrogens (tertiary/aromatic N) is 1. The quantitative estimate of drug-likeness (QED) is 0.899. The lowest BCUT2D eigenvalue weighted by atomic mass is 9.81. The van der Waals surface area contributed by atoms with Gasteiger partial charge in [0.1, 0.15) is 0 Å². The Morgan fingerprint density at radius 2 is 2.11 bits per heavy atom. The molecule has 1 aromatic rings. The van der Waals surface area contributed by atoms with Crippen LogP contribution in [0.2, 0.25) is 0 Å². The molecule has 3 heterocycles. The molecule has 0 aliphatic carbocycles. The van der Waals surface area contributed by atoms with Crippen molar-refractivity contribution in [3.63, 3.8) is 0 Å². The van der Waals surface area contributed by atoms with Crippen molar-refractivity contribution >= 4 is 11.3 Å². The van der Waals surface area contributed by atoms with Gasteiger partial charge in [-0.3, -0.25) is 4.90 Å². The largest absolute Gasteiger partial charge is 0.317 e. The van der Waals surface area contributed by atoms with Gasteiger partial charge in [-0.1, -0.05) is 6.42 Å². The topological polar surface area (TPSA) is 15.3 Å². The molecule has 0 spiro atoms. The Morgan fingerprint density at radius 3 is 2.72 bits per heavy atom. The normalized spacial score (nSPS) is 32.6. The van der Waals surface area contributed by atoms with E-state index in [9.17, 15) is 0 Å². The molecular formula is C15H24N2S. The van der Waals surface area contributed by atoms with E-state index in [4.69, 9.17) is 0 Å². The lowest BCUT2D eigenvalue weighted by Gasteiger charge is -2.49. The van der Waals surface area contributed by atoms with Crippen molar-refractivity contribution in [3.8, 4) is 0 Å². The average Bonchev–Trinajstić information content (AvgIpc) is 2.88. The van der Waals surface area contributed by atoms with Gasteiger partial charge in [-0.2, -0.15) is 11.3 Å². The molecule has 0 radical (unpaired) electrons. The number of piperidine rings is 2. The lowest BCUT2D eigenvalue weighted by molar-refractivity contribution is 0.0271. The van der Waals surface area contributed by atoms with Crippen molar-refractivity contribution in [2.75, 3.05) is 13.6 Å². The number of hydrogen-bond acceptors (Lipinski definition) is 3. The van der Waals surface area contributed by atoms with E-state index in [1.165, 1.54) is 50.6 Å². The third-order valence-corrected chi connectivity index (χ3v) is 5.50. The Kier molecular flexibility index (Phi) is 4.02. The van der Waals surface area contributed by atoms with Gasteiger partial charge in [0.25, 0.3) is 0 Å². The molecule has 0 aromatic carbocycles. The van der Waals surface area contributed by atoms with Gasteiger partial charge in [0, 0.05) is 24.7 Å². The summed E-state index contributed by atoms with van der Waals surface area (Å²) in [4.78, 5) is 2.81. The standard InChI is InChI=1S/C15H24N2S/c1-16-13-9-14-3-2-4-15(10-13)17(14)7-5-12-6-8-18-11-12/h6,8,11,13-16H,2-5,7,9-10H2,1H3. The van der Waals surface area contributed by atoms with E-state index in [2.05, 4.69) is 34.1 Å². The molecule has 1 N–H and O–H groups in total. The summed E-state index contributed by atoms with van der Waals surface area (Å²) in [5.41, 5.74) is 1.52. The van der Waals surface area contributed by atoms with Crippen LogP contribution in [0.25, 0.3) is 0 Å². The first-order valence-electron chi connectivity index (χ1n) is 7.31. The number of nitrogens with one attached hydrogen (secondary N) is 1. The summed E-state index contributed by atoms with van der Waals surface area (Å²) in [5.74, 6) is 0. The van der Waals surface area contributed by atoms with E-state index in [1.807, 2.05) is 11.3 Å². The van der Waals surface area contributed by atoms with Crippen LogP contribution in [0.15, 0.2) is 16.8 Å². The predicted octanol–water partition coefficient (Wildman–Crippen LogP) is 2.90. The first kappa shape index (κ1) is 12.6. The summed E-state index contributed by atoms with van der Waals surface area (Å²) in [5, 5.41) is 8.00. The van der Waals surface area contributed by atoms with E-state index in [1.54, 1.807) is 0 Å². The van der Waals surface area contributed by atoms with Crippen LogP contribution in [0.3, 0.4) is 0 Å². The summed E-state index contributed by atoms with van der Waals surface area (Å²) >= 11 is 1.82. The van der Waals surface area contributed by atoms with Crippen LogP contribution in [0, 0.1) is 0 Å². The molecule has 0 amide bonds. The van der Waals surface area contributed by atoms with Gasteiger partial charge in [-0.25, -0.2) is 0 Å². The van der Waals surface area contributed by atoms with E-state index in [0.717, 1.165) is 18.1 Å². The second-order valence-corrected chi connectivity index (χ2v) is 6.60. The van der Waals surface area contributed by atoms with Gasteiger partial charge in [0.15, 0.2) is 0 Å². The Labute approximate surface area is 114 Å². The SMILES string of the molecule is CNC1CC2CCCC(C1)N2CCc1ccsc1. The lowest BCUT2D eigenvalue weighted by Crippen LogP contribution is -2.56. The van der Waals surface area contributed by atoms with Crippen LogP contribution in [-0.2, 0) is 6.42 Å². The summed E-state index contributed by atoms with van der Waals surface area (Å²) in [6, 6.07) is 4.72. The van der Waals surface area contributed by atoms with Crippen molar-refractivity contribution in [1.82, 2.24) is 10.2 Å². The zero-order valence-corrected chi connectivity index (χ0v) is 12.1. The van der Waals surface area contributed by atoms with Crippen LogP contribution in [0.1, 0.15) is 37.7 Å². The van der Waals surface area contributed by atoms with E-state index < -0.39 is 0 Å². The highest BCUT2D eigenvalue weighted by Crippen LogP contribution is 2.34. The second-order valence-electron chi connectivity index (χ2n) is 5.81. The number of hydrogen-bond donors (Lipinski definition) is 1. The van der Waals surface area contributed by atoms with E-state index in [-0.39, 0.29) is 0 Å². The first-order chi connectivity index (χ1) is 8.86. The Bertz CT molecular complexity index is 349. The number of fused-ring (bicyclic) bond motifs is 2. The van der Waals surface area contributed by atoms with Crippen molar-refractivity contribution in [2.45, 2.75) is 56.7 Å². The molecule has 2 aliphatic rings. The van der Waals surface area contributed by atoms with Gasteiger partial charge in [0.2, 0.25) is 0 Å². The van der Waals surface area contributed by atoms with Crippen LogP contribution in [-0.4, -0.2) is 36.6 Å². The van der Waals surface area contributed by atoms with Crippen molar-refractivity contribution < 1.29 is 0 Å². The first-order valence-corrected chi connectivity index (χ1v) is 8.25. The second kappa shape index (κ2) is 5.72. The maximum atomic E-state index is 3.50. The molecule has 2 atom stereocenters. The highest BCUT2D eigenvalue weighted by molar-refractivity contribution is 7.07. The average molecular weight is 264 g/mol. The Balaban J connectivity index is 1.61. The van der Waals surface area contributed by atoms with Gasteiger partial charge in [0.05, 0.1) is 0 Å². The number of thiophene rings is 1. The highest BCUT2D eigenvalue weighted by Gasteiger charge is 2.37. The van der Waals surface area contributed by atoms with E-state index in [0.29, 0.717) is 0 Å². The van der Waals surface area contributed by atoms with E-state index >= 15 is 0 Å². The predicted molar refractivity (Wildman–Crippen MR) is 78.2 cm³/mol. The Morgan fingerprint density at radius 1 is 1.33 bits per heavy atom. The van der Waals surface area contributed by atoms with Gasteiger partial charge < -0.3 is 5.32 Å². The minimum absolute atomic E-state index is 0.762. The monoisotopic (exact) mass is 264 g/mol. The van der Waals surface area contributed by atoms with Crippen LogP contribution in [0.4, 0.5) is 0 Å². The maximum Gasteiger partial charge on any atom is 0.0113 e. The molecule has 2 saturated heterocycles. The van der Waals surface area contributed by atoms with Crippen LogP contribution < -0.4 is 5.32 Å². The minimum Gasteiger partial charge on any atom is -0.317 e. The smallest absolute Gasteiger partial charge is 0.0113 e.